The normalized spacial score (nSPS) is 16.8. The Morgan fingerprint density at radius 1 is 1.07 bits per heavy atom. The molecule has 1 aromatic carbocycles. The third-order valence-corrected chi connectivity index (χ3v) is 4.17. The molecule has 1 saturated heterocycles. The van der Waals surface area contributed by atoms with Gasteiger partial charge in [-0.15, -0.1) is 0 Å². The minimum Gasteiger partial charge on any atom is -0.493 e. The van der Waals surface area contributed by atoms with Crippen molar-refractivity contribution in [2.24, 2.45) is 0 Å². The predicted molar refractivity (Wildman–Crippen MR) is 100 cm³/mol. The zero-order chi connectivity index (χ0) is 21.6. The molecule has 7 nitrogen and oxygen atoms in total. The Hall–Kier alpha value is -2.72. The van der Waals surface area contributed by atoms with E-state index < -0.39 is 12.8 Å². The first-order chi connectivity index (χ1) is 14.4. The summed E-state index contributed by atoms with van der Waals surface area (Å²) >= 11 is 0. The number of nitrogens with zero attached hydrogens (tertiary/aromatic N) is 1. The van der Waals surface area contributed by atoms with Gasteiger partial charge in [0, 0.05) is 11.6 Å². The molecule has 0 radical (unpaired) electrons. The van der Waals surface area contributed by atoms with Gasteiger partial charge in [-0.1, -0.05) is 0 Å². The molecule has 2 aromatic rings. The lowest BCUT2D eigenvalue weighted by molar-refractivity contribution is -0.153. The van der Waals surface area contributed by atoms with Crippen molar-refractivity contribution in [2.45, 2.75) is 12.3 Å². The van der Waals surface area contributed by atoms with E-state index in [0.29, 0.717) is 42.6 Å². The summed E-state index contributed by atoms with van der Waals surface area (Å²) in [4.78, 5) is 4.48. The highest BCUT2D eigenvalue weighted by atomic mass is 19.4. The maximum Gasteiger partial charge on any atom is 0.422 e. The zero-order valence-corrected chi connectivity index (χ0v) is 16.5. The highest BCUT2D eigenvalue weighted by Crippen LogP contribution is 2.39. The Labute approximate surface area is 171 Å². The van der Waals surface area contributed by atoms with Crippen LogP contribution in [-0.2, 0) is 9.47 Å². The van der Waals surface area contributed by atoms with Crippen LogP contribution in [0.25, 0.3) is 11.3 Å². The summed E-state index contributed by atoms with van der Waals surface area (Å²) in [5, 5.41) is 0. The SMILES string of the molecule is COc1cc(OC[C@H]2COCCO2)nc(-c2ccc(OCC(F)(F)F)cc2)c1OC. The van der Waals surface area contributed by atoms with Gasteiger partial charge in [-0.05, 0) is 24.3 Å². The molecule has 30 heavy (non-hydrogen) atoms. The van der Waals surface area contributed by atoms with Crippen molar-refractivity contribution < 1.29 is 41.6 Å². The van der Waals surface area contributed by atoms with E-state index in [1.54, 1.807) is 18.2 Å². The summed E-state index contributed by atoms with van der Waals surface area (Å²) < 4.78 is 69.2. The van der Waals surface area contributed by atoms with E-state index in [4.69, 9.17) is 28.4 Å². The number of hydrogen-bond donors (Lipinski definition) is 0. The zero-order valence-electron chi connectivity index (χ0n) is 16.5. The van der Waals surface area contributed by atoms with Crippen LogP contribution in [0, 0.1) is 0 Å². The van der Waals surface area contributed by atoms with Gasteiger partial charge >= 0.3 is 6.18 Å². The average molecular weight is 429 g/mol. The molecule has 0 bridgehead atoms. The van der Waals surface area contributed by atoms with E-state index in [9.17, 15) is 13.2 Å². The van der Waals surface area contributed by atoms with Crippen LogP contribution >= 0.6 is 0 Å². The van der Waals surface area contributed by atoms with Crippen LogP contribution in [0.3, 0.4) is 0 Å². The summed E-state index contributed by atoms with van der Waals surface area (Å²) in [6.07, 6.45) is -4.61. The Kier molecular flexibility index (Phi) is 7.22. The number of methoxy groups -OCH3 is 2. The largest absolute Gasteiger partial charge is 0.493 e. The number of halogens is 3. The molecule has 10 heteroatoms. The van der Waals surface area contributed by atoms with Crippen molar-refractivity contribution in [2.75, 3.05) is 47.3 Å². The third kappa shape index (κ3) is 5.90. The molecule has 0 saturated carbocycles. The van der Waals surface area contributed by atoms with Crippen molar-refractivity contribution in [1.29, 1.82) is 0 Å². The first-order valence-corrected chi connectivity index (χ1v) is 9.14. The van der Waals surface area contributed by atoms with Gasteiger partial charge in [-0.25, -0.2) is 4.98 Å². The predicted octanol–water partition coefficient (Wildman–Crippen LogP) is 3.50. The minimum absolute atomic E-state index is 0.0869. The van der Waals surface area contributed by atoms with Gasteiger partial charge in [0.2, 0.25) is 5.88 Å². The summed E-state index contributed by atoms with van der Waals surface area (Å²) in [6, 6.07) is 7.60. The summed E-state index contributed by atoms with van der Waals surface area (Å²) in [7, 11) is 2.95. The second kappa shape index (κ2) is 9.86. The monoisotopic (exact) mass is 429 g/mol. The maximum atomic E-state index is 12.3. The Morgan fingerprint density at radius 3 is 2.43 bits per heavy atom. The fourth-order valence-corrected chi connectivity index (χ4v) is 2.79. The van der Waals surface area contributed by atoms with E-state index >= 15 is 0 Å². The minimum atomic E-state index is -4.41. The van der Waals surface area contributed by atoms with Crippen LogP contribution in [0.5, 0.6) is 23.1 Å². The van der Waals surface area contributed by atoms with Crippen molar-refractivity contribution in [3.8, 4) is 34.4 Å². The number of pyridine rings is 1. The van der Waals surface area contributed by atoms with Gasteiger partial charge in [0.15, 0.2) is 18.1 Å². The summed E-state index contributed by atoms with van der Waals surface area (Å²) in [6.45, 7) is 0.364. The topological polar surface area (TPSA) is 68.3 Å². The highest BCUT2D eigenvalue weighted by molar-refractivity contribution is 5.71. The molecule has 1 aliphatic rings. The second-order valence-electron chi connectivity index (χ2n) is 6.35. The summed E-state index contributed by atoms with van der Waals surface area (Å²) in [5.74, 6) is 1.14. The summed E-state index contributed by atoms with van der Waals surface area (Å²) in [5.41, 5.74) is 1.00. The molecule has 1 aromatic heterocycles. The average Bonchev–Trinajstić information content (AvgIpc) is 2.76. The molecule has 0 amide bonds. The fourth-order valence-electron chi connectivity index (χ4n) is 2.79. The lowest BCUT2D eigenvalue weighted by Gasteiger charge is -2.23. The molecule has 164 valence electrons. The van der Waals surface area contributed by atoms with Crippen LogP contribution in [0.2, 0.25) is 0 Å². The molecule has 0 unspecified atom stereocenters. The van der Waals surface area contributed by atoms with Gasteiger partial charge < -0.3 is 28.4 Å². The molecule has 1 fully saturated rings. The van der Waals surface area contributed by atoms with Gasteiger partial charge in [0.1, 0.15) is 24.2 Å². The van der Waals surface area contributed by atoms with Crippen LogP contribution in [0.15, 0.2) is 30.3 Å². The molecule has 1 atom stereocenters. The van der Waals surface area contributed by atoms with Crippen LogP contribution < -0.4 is 18.9 Å². The molecular formula is C20H22F3NO6. The number of aromatic nitrogens is 1. The first kappa shape index (κ1) is 22.0. The molecule has 0 aliphatic carbocycles. The molecule has 1 aliphatic heterocycles. The van der Waals surface area contributed by atoms with Gasteiger partial charge in [-0.2, -0.15) is 13.2 Å². The van der Waals surface area contributed by atoms with E-state index in [1.165, 1.54) is 26.4 Å². The van der Waals surface area contributed by atoms with E-state index in [2.05, 4.69) is 4.98 Å². The highest BCUT2D eigenvalue weighted by Gasteiger charge is 2.28. The molecule has 2 heterocycles. The van der Waals surface area contributed by atoms with Gasteiger partial charge in [-0.3, -0.25) is 0 Å². The van der Waals surface area contributed by atoms with Gasteiger partial charge in [0.05, 0.1) is 34.0 Å². The van der Waals surface area contributed by atoms with Crippen molar-refractivity contribution >= 4 is 0 Å². The number of hydrogen-bond acceptors (Lipinski definition) is 7. The first-order valence-electron chi connectivity index (χ1n) is 9.14. The standard InChI is InChI=1S/C20H22F3NO6/c1-25-16-9-17(29-11-15-10-27-7-8-28-15)24-18(19(16)26-2)13-3-5-14(6-4-13)30-12-20(21,22)23/h3-6,9,15H,7-8,10-12H2,1-2H3/t15-/m1/s1. The molecule has 0 spiro atoms. The second-order valence-corrected chi connectivity index (χ2v) is 6.35. The number of alkyl halides is 3. The lowest BCUT2D eigenvalue weighted by atomic mass is 10.1. The van der Waals surface area contributed by atoms with Crippen LogP contribution in [0.1, 0.15) is 0 Å². The molecular weight excluding hydrogens is 407 g/mol. The third-order valence-electron chi connectivity index (χ3n) is 4.17. The van der Waals surface area contributed by atoms with Crippen molar-refractivity contribution in [3.63, 3.8) is 0 Å². The maximum absolute atomic E-state index is 12.3. The van der Waals surface area contributed by atoms with Gasteiger partial charge in [0.25, 0.3) is 0 Å². The molecule has 3 rings (SSSR count). The van der Waals surface area contributed by atoms with E-state index in [-0.39, 0.29) is 24.3 Å². The smallest absolute Gasteiger partial charge is 0.422 e. The van der Waals surface area contributed by atoms with Crippen LogP contribution in [-0.4, -0.2) is 64.5 Å². The number of ether oxygens (including phenoxy) is 6. The van der Waals surface area contributed by atoms with E-state index in [0.717, 1.165) is 0 Å². The Balaban J connectivity index is 1.81. The Bertz CT molecular complexity index is 823. The lowest BCUT2D eigenvalue weighted by Crippen LogP contribution is -2.33. The van der Waals surface area contributed by atoms with Crippen molar-refractivity contribution in [3.05, 3.63) is 30.3 Å². The number of benzene rings is 1. The number of rotatable bonds is 8. The van der Waals surface area contributed by atoms with Crippen LogP contribution in [0.4, 0.5) is 13.2 Å². The van der Waals surface area contributed by atoms with Crippen molar-refractivity contribution in [1.82, 2.24) is 4.98 Å². The quantitative estimate of drug-likeness (QED) is 0.636. The Morgan fingerprint density at radius 2 is 1.83 bits per heavy atom. The van der Waals surface area contributed by atoms with E-state index in [1.807, 2.05) is 0 Å². The fraction of sp³-hybridized carbons (Fsp3) is 0.450. The molecule has 0 N–H and O–H groups in total.